The Bertz CT molecular complexity index is 1140. The molecular weight excluding hydrogens is 460 g/mol. The summed E-state index contributed by atoms with van der Waals surface area (Å²) < 4.78 is 15.7. The number of aromatic carboxylic acids is 1. The van der Waals surface area contributed by atoms with Crippen LogP contribution < -0.4 is 9.47 Å². The van der Waals surface area contributed by atoms with Gasteiger partial charge in [0.05, 0.1) is 29.9 Å². The molecule has 1 heterocycles. The molecule has 10 heteroatoms. The maximum atomic E-state index is 12.9. The largest absolute Gasteiger partial charge is 0.493 e. The van der Waals surface area contributed by atoms with E-state index in [1.54, 1.807) is 48.2 Å². The average molecular weight is 485 g/mol. The van der Waals surface area contributed by atoms with E-state index in [9.17, 15) is 14.4 Å². The van der Waals surface area contributed by atoms with Crippen LogP contribution in [-0.2, 0) is 14.3 Å². The molecule has 0 spiro atoms. The highest BCUT2D eigenvalue weighted by Gasteiger charge is 2.32. The van der Waals surface area contributed by atoms with Crippen LogP contribution in [0.4, 0.5) is 5.69 Å². The lowest BCUT2D eigenvalue weighted by molar-refractivity contribution is -0.145. The molecule has 178 valence electrons. The number of rotatable bonds is 9. The summed E-state index contributed by atoms with van der Waals surface area (Å²) in [5, 5.41) is 9.55. The van der Waals surface area contributed by atoms with Crippen molar-refractivity contribution in [3.05, 3.63) is 58.5 Å². The van der Waals surface area contributed by atoms with E-state index in [4.69, 9.17) is 19.3 Å². The third-order valence-electron chi connectivity index (χ3n) is 4.68. The van der Waals surface area contributed by atoms with Crippen molar-refractivity contribution in [3.63, 3.8) is 0 Å². The number of nitrogens with zero attached hydrogens (tertiary/aromatic N) is 2. The van der Waals surface area contributed by atoms with Gasteiger partial charge in [0.25, 0.3) is 5.91 Å². The molecule has 1 saturated heterocycles. The van der Waals surface area contributed by atoms with Gasteiger partial charge in [-0.05, 0) is 73.6 Å². The number of hydrogen-bond acceptors (Lipinski definition) is 8. The summed E-state index contributed by atoms with van der Waals surface area (Å²) >= 11 is 1.23. The number of amides is 1. The van der Waals surface area contributed by atoms with Gasteiger partial charge in [0.2, 0.25) is 0 Å². The minimum Gasteiger partial charge on any atom is -0.493 e. The average Bonchev–Trinajstić information content (AvgIpc) is 3.12. The number of esters is 1. The van der Waals surface area contributed by atoms with Crippen molar-refractivity contribution >= 4 is 46.5 Å². The fraction of sp³-hybridized carbons (Fsp3) is 0.250. The number of ether oxygens (including phenoxy) is 3. The smallest absolute Gasteiger partial charge is 0.344 e. The van der Waals surface area contributed by atoms with Crippen molar-refractivity contribution in [2.45, 2.75) is 13.8 Å². The summed E-state index contributed by atoms with van der Waals surface area (Å²) in [6.07, 6.45) is 1.73. The first-order valence-electron chi connectivity index (χ1n) is 10.5. The van der Waals surface area contributed by atoms with E-state index in [1.165, 1.54) is 31.0 Å². The molecule has 1 N–H and O–H groups in total. The van der Waals surface area contributed by atoms with Gasteiger partial charge in [0.1, 0.15) is 0 Å². The molecule has 0 saturated carbocycles. The molecule has 1 aliphatic rings. The van der Waals surface area contributed by atoms with Gasteiger partial charge < -0.3 is 19.3 Å². The number of carboxylic acids is 1. The molecule has 1 fully saturated rings. The topological polar surface area (TPSA) is 115 Å². The van der Waals surface area contributed by atoms with Crippen molar-refractivity contribution in [1.29, 1.82) is 0 Å². The highest BCUT2D eigenvalue weighted by Crippen LogP contribution is 2.35. The van der Waals surface area contributed by atoms with Crippen LogP contribution in [0.15, 0.2) is 52.4 Å². The van der Waals surface area contributed by atoms with Gasteiger partial charge in [-0.1, -0.05) is 6.07 Å². The van der Waals surface area contributed by atoms with E-state index in [0.29, 0.717) is 39.4 Å². The van der Waals surface area contributed by atoms with E-state index in [0.717, 1.165) is 0 Å². The fourth-order valence-corrected chi connectivity index (χ4v) is 4.11. The van der Waals surface area contributed by atoms with Gasteiger partial charge >= 0.3 is 11.9 Å². The number of hydrogen-bond donors (Lipinski definition) is 1. The summed E-state index contributed by atoms with van der Waals surface area (Å²) in [6, 6.07) is 11.2. The molecular formula is C24H24N2O7S. The quantitative estimate of drug-likeness (QED) is 0.420. The maximum Gasteiger partial charge on any atom is 0.344 e. The third-order valence-corrected chi connectivity index (χ3v) is 5.69. The summed E-state index contributed by atoms with van der Waals surface area (Å²) in [4.78, 5) is 42.0. The fourth-order valence-electron chi connectivity index (χ4n) is 3.04. The van der Waals surface area contributed by atoms with Gasteiger partial charge in [-0.25, -0.2) is 14.6 Å². The van der Waals surface area contributed by atoms with Gasteiger partial charge in [0, 0.05) is 6.54 Å². The van der Waals surface area contributed by atoms with Gasteiger partial charge in [-0.15, -0.1) is 0 Å². The number of carbonyl (C=O) groups excluding carboxylic acids is 2. The molecule has 0 radical (unpaired) electrons. The number of methoxy groups -OCH3 is 1. The molecule has 0 unspecified atom stereocenters. The zero-order valence-electron chi connectivity index (χ0n) is 18.9. The van der Waals surface area contributed by atoms with E-state index in [1.807, 2.05) is 6.92 Å². The van der Waals surface area contributed by atoms with Gasteiger partial charge in [-0.2, -0.15) is 0 Å². The first kappa shape index (κ1) is 24.8. The lowest BCUT2D eigenvalue weighted by atomic mass is 10.2. The van der Waals surface area contributed by atoms with Crippen LogP contribution in [0, 0.1) is 0 Å². The molecule has 0 aromatic heterocycles. The van der Waals surface area contributed by atoms with Gasteiger partial charge in [-0.3, -0.25) is 9.69 Å². The number of likely N-dealkylation sites (N-methyl/N-ethyl adjacent to an activating group) is 1. The Balaban J connectivity index is 1.81. The second-order valence-corrected chi connectivity index (χ2v) is 7.92. The first-order chi connectivity index (χ1) is 16.4. The first-order valence-corrected chi connectivity index (χ1v) is 11.3. The van der Waals surface area contributed by atoms with E-state index in [2.05, 4.69) is 4.99 Å². The molecule has 0 atom stereocenters. The molecule has 9 nitrogen and oxygen atoms in total. The molecule has 0 bridgehead atoms. The number of carboxylic acid groups (broad SMARTS) is 1. The predicted molar refractivity (Wildman–Crippen MR) is 129 cm³/mol. The SMILES string of the molecule is CCOC(=O)COc1ccc(/C=C2/SC(=Nc3ccc(C(=O)O)cc3)N(CC)C2=O)cc1OC. The molecule has 3 rings (SSSR count). The Hall–Kier alpha value is -3.79. The normalized spacial score (nSPS) is 15.6. The van der Waals surface area contributed by atoms with E-state index in [-0.39, 0.29) is 24.7 Å². The zero-order valence-corrected chi connectivity index (χ0v) is 19.8. The number of carbonyl (C=O) groups is 3. The lowest BCUT2D eigenvalue weighted by Crippen LogP contribution is -2.28. The minimum absolute atomic E-state index is 0.163. The Kier molecular flexibility index (Phi) is 8.31. The van der Waals surface area contributed by atoms with Crippen molar-refractivity contribution in [2.24, 2.45) is 4.99 Å². The van der Waals surface area contributed by atoms with Crippen molar-refractivity contribution < 1.29 is 33.7 Å². The molecule has 2 aromatic rings. The second-order valence-electron chi connectivity index (χ2n) is 6.91. The van der Waals surface area contributed by atoms with Crippen LogP contribution in [0.25, 0.3) is 6.08 Å². The number of thioether (sulfide) groups is 1. The summed E-state index contributed by atoms with van der Waals surface area (Å²) in [6.45, 7) is 4.03. The van der Waals surface area contributed by atoms with Crippen molar-refractivity contribution in [2.75, 3.05) is 26.9 Å². The van der Waals surface area contributed by atoms with Crippen LogP contribution in [0.1, 0.15) is 29.8 Å². The molecule has 1 amide bonds. The Labute approximate surface area is 201 Å². The van der Waals surface area contributed by atoms with Crippen molar-refractivity contribution in [3.8, 4) is 11.5 Å². The molecule has 1 aliphatic heterocycles. The number of benzene rings is 2. The molecule has 0 aliphatic carbocycles. The van der Waals surface area contributed by atoms with Crippen LogP contribution in [0.5, 0.6) is 11.5 Å². The standard InChI is InChI=1S/C24H24N2O7S/c1-4-26-22(28)20(34-24(26)25-17-9-7-16(8-10-17)23(29)30)13-15-6-11-18(19(12-15)31-3)33-14-21(27)32-5-2/h6-13H,4-5,14H2,1-3H3,(H,29,30)/b20-13+,25-24?. The number of aliphatic imine (C=N–C) groups is 1. The van der Waals surface area contributed by atoms with Crippen LogP contribution in [0.3, 0.4) is 0 Å². The lowest BCUT2D eigenvalue weighted by Gasteiger charge is -2.12. The van der Waals surface area contributed by atoms with E-state index >= 15 is 0 Å². The zero-order chi connectivity index (χ0) is 24.7. The second kappa shape index (κ2) is 11.4. The third kappa shape index (κ3) is 5.96. The molecule has 34 heavy (non-hydrogen) atoms. The Morgan fingerprint density at radius 2 is 1.85 bits per heavy atom. The summed E-state index contributed by atoms with van der Waals surface area (Å²) in [5.41, 5.74) is 1.42. The Morgan fingerprint density at radius 1 is 1.12 bits per heavy atom. The van der Waals surface area contributed by atoms with E-state index < -0.39 is 11.9 Å². The van der Waals surface area contributed by atoms with Crippen LogP contribution in [-0.4, -0.2) is 59.9 Å². The maximum absolute atomic E-state index is 12.9. The summed E-state index contributed by atoms with van der Waals surface area (Å²) in [7, 11) is 1.48. The van der Waals surface area contributed by atoms with Crippen LogP contribution >= 0.6 is 11.8 Å². The summed E-state index contributed by atoms with van der Waals surface area (Å²) in [5.74, 6) is -0.889. The highest BCUT2D eigenvalue weighted by molar-refractivity contribution is 8.18. The van der Waals surface area contributed by atoms with Gasteiger partial charge in [0.15, 0.2) is 23.3 Å². The monoisotopic (exact) mass is 484 g/mol. The number of amidine groups is 1. The highest BCUT2D eigenvalue weighted by atomic mass is 32.2. The Morgan fingerprint density at radius 3 is 2.47 bits per heavy atom. The predicted octanol–water partition coefficient (Wildman–Crippen LogP) is 3.96. The molecule has 2 aromatic carbocycles. The van der Waals surface area contributed by atoms with Crippen LogP contribution in [0.2, 0.25) is 0 Å². The minimum atomic E-state index is -1.02. The van der Waals surface area contributed by atoms with Crippen molar-refractivity contribution in [1.82, 2.24) is 4.90 Å².